The summed E-state index contributed by atoms with van der Waals surface area (Å²) in [6, 6.07) is 15.8. The summed E-state index contributed by atoms with van der Waals surface area (Å²) >= 11 is 0. The Bertz CT molecular complexity index is 523. The van der Waals surface area contributed by atoms with Gasteiger partial charge in [0.2, 0.25) is 0 Å². The Balaban J connectivity index is 1.99. The van der Waals surface area contributed by atoms with Crippen molar-refractivity contribution in [2.45, 2.75) is 13.2 Å². The van der Waals surface area contributed by atoms with Crippen LogP contribution in [0.25, 0.3) is 0 Å². The summed E-state index contributed by atoms with van der Waals surface area (Å²) in [4.78, 5) is 0. The van der Waals surface area contributed by atoms with E-state index in [1.807, 2.05) is 48.5 Å². The molecule has 3 heteroatoms. The Hall–Kier alpha value is -2.00. The van der Waals surface area contributed by atoms with Crippen molar-refractivity contribution in [1.82, 2.24) is 0 Å². The van der Waals surface area contributed by atoms with E-state index in [0.29, 0.717) is 13.2 Å². The molecule has 0 aliphatic carbocycles. The second-order valence-corrected chi connectivity index (χ2v) is 4.22. The summed E-state index contributed by atoms with van der Waals surface area (Å²) in [5.74, 6) is 1.69. The maximum absolute atomic E-state index is 5.77. The smallest absolute Gasteiger partial charge is 0.120 e. The van der Waals surface area contributed by atoms with E-state index < -0.39 is 0 Å². The SMILES string of the molecule is COCc1cccc(OCc2cccc(OC)c2)c1. The van der Waals surface area contributed by atoms with Gasteiger partial charge in [0.15, 0.2) is 0 Å². The lowest BCUT2D eigenvalue weighted by molar-refractivity contribution is 0.184. The van der Waals surface area contributed by atoms with Crippen molar-refractivity contribution in [1.29, 1.82) is 0 Å². The van der Waals surface area contributed by atoms with Crippen LogP contribution in [0.4, 0.5) is 0 Å². The normalized spacial score (nSPS) is 10.2. The Labute approximate surface area is 113 Å². The fourth-order valence-corrected chi connectivity index (χ4v) is 1.82. The monoisotopic (exact) mass is 258 g/mol. The largest absolute Gasteiger partial charge is 0.497 e. The molecular weight excluding hydrogens is 240 g/mol. The number of hydrogen-bond acceptors (Lipinski definition) is 3. The molecule has 100 valence electrons. The summed E-state index contributed by atoms with van der Waals surface area (Å²) in [5, 5.41) is 0. The summed E-state index contributed by atoms with van der Waals surface area (Å²) in [6.45, 7) is 1.12. The predicted octanol–water partition coefficient (Wildman–Crippen LogP) is 3.42. The summed E-state index contributed by atoms with van der Waals surface area (Å²) < 4.78 is 16.1. The molecule has 0 unspecified atom stereocenters. The number of rotatable bonds is 6. The van der Waals surface area contributed by atoms with Gasteiger partial charge >= 0.3 is 0 Å². The van der Waals surface area contributed by atoms with Crippen LogP contribution in [0.1, 0.15) is 11.1 Å². The van der Waals surface area contributed by atoms with Crippen molar-refractivity contribution in [2.24, 2.45) is 0 Å². The van der Waals surface area contributed by atoms with E-state index in [1.54, 1.807) is 14.2 Å². The molecule has 0 aromatic heterocycles. The van der Waals surface area contributed by atoms with Crippen LogP contribution in [-0.4, -0.2) is 14.2 Å². The lowest BCUT2D eigenvalue weighted by atomic mass is 10.2. The first-order chi connectivity index (χ1) is 9.31. The maximum atomic E-state index is 5.77. The first-order valence-electron chi connectivity index (χ1n) is 6.15. The molecule has 2 rings (SSSR count). The summed E-state index contributed by atoms with van der Waals surface area (Å²) in [7, 11) is 3.35. The summed E-state index contributed by atoms with van der Waals surface area (Å²) in [5.41, 5.74) is 2.18. The Morgan fingerprint density at radius 3 is 2.11 bits per heavy atom. The highest BCUT2D eigenvalue weighted by Crippen LogP contribution is 2.17. The second kappa shape index (κ2) is 6.81. The zero-order valence-corrected chi connectivity index (χ0v) is 11.3. The third-order valence-corrected chi connectivity index (χ3v) is 2.75. The first kappa shape index (κ1) is 13.4. The number of hydrogen-bond donors (Lipinski definition) is 0. The highest BCUT2D eigenvalue weighted by atomic mass is 16.5. The molecule has 0 bridgehead atoms. The van der Waals surface area contributed by atoms with Crippen LogP contribution in [0.2, 0.25) is 0 Å². The Morgan fingerprint density at radius 1 is 0.789 bits per heavy atom. The molecule has 0 fully saturated rings. The van der Waals surface area contributed by atoms with Crippen LogP contribution in [0, 0.1) is 0 Å². The molecule has 2 aromatic carbocycles. The summed E-state index contributed by atoms with van der Waals surface area (Å²) in [6.07, 6.45) is 0. The van der Waals surface area contributed by atoms with Crippen molar-refractivity contribution in [3.63, 3.8) is 0 Å². The maximum Gasteiger partial charge on any atom is 0.120 e. The van der Waals surface area contributed by atoms with E-state index >= 15 is 0 Å². The molecule has 2 aromatic rings. The fraction of sp³-hybridized carbons (Fsp3) is 0.250. The standard InChI is InChI=1S/C16H18O3/c1-17-11-13-5-4-8-16(10-13)19-12-14-6-3-7-15(9-14)18-2/h3-10H,11-12H2,1-2H3. The average Bonchev–Trinajstić information content (AvgIpc) is 2.46. The van der Waals surface area contributed by atoms with E-state index in [-0.39, 0.29) is 0 Å². The molecule has 0 amide bonds. The average molecular weight is 258 g/mol. The van der Waals surface area contributed by atoms with Gasteiger partial charge in [-0.2, -0.15) is 0 Å². The second-order valence-electron chi connectivity index (χ2n) is 4.22. The van der Waals surface area contributed by atoms with Crippen LogP contribution in [0.15, 0.2) is 48.5 Å². The fourth-order valence-electron chi connectivity index (χ4n) is 1.82. The molecule has 0 saturated heterocycles. The zero-order chi connectivity index (χ0) is 13.5. The third kappa shape index (κ3) is 4.00. The lowest BCUT2D eigenvalue weighted by Crippen LogP contribution is -1.97. The van der Waals surface area contributed by atoms with Crippen molar-refractivity contribution < 1.29 is 14.2 Å². The van der Waals surface area contributed by atoms with Crippen molar-refractivity contribution in [3.8, 4) is 11.5 Å². The van der Waals surface area contributed by atoms with E-state index in [9.17, 15) is 0 Å². The zero-order valence-electron chi connectivity index (χ0n) is 11.3. The van der Waals surface area contributed by atoms with E-state index in [1.165, 1.54) is 0 Å². The topological polar surface area (TPSA) is 27.7 Å². The molecule has 0 spiro atoms. The van der Waals surface area contributed by atoms with Gasteiger partial charge in [-0.05, 0) is 35.4 Å². The van der Waals surface area contributed by atoms with Gasteiger partial charge in [0, 0.05) is 7.11 Å². The van der Waals surface area contributed by atoms with Crippen LogP contribution >= 0.6 is 0 Å². The number of ether oxygens (including phenoxy) is 3. The van der Waals surface area contributed by atoms with Crippen molar-refractivity contribution in [3.05, 3.63) is 59.7 Å². The molecule has 0 saturated carbocycles. The van der Waals surface area contributed by atoms with E-state index in [2.05, 4.69) is 0 Å². The van der Waals surface area contributed by atoms with Crippen LogP contribution < -0.4 is 9.47 Å². The first-order valence-corrected chi connectivity index (χ1v) is 6.15. The predicted molar refractivity (Wildman–Crippen MR) is 74.5 cm³/mol. The molecule has 0 heterocycles. The molecule has 0 aliphatic rings. The number of methoxy groups -OCH3 is 2. The van der Waals surface area contributed by atoms with Crippen molar-refractivity contribution in [2.75, 3.05) is 14.2 Å². The van der Waals surface area contributed by atoms with Gasteiger partial charge in [0.25, 0.3) is 0 Å². The van der Waals surface area contributed by atoms with Gasteiger partial charge < -0.3 is 14.2 Å². The van der Waals surface area contributed by atoms with Crippen LogP contribution in [-0.2, 0) is 18.0 Å². The lowest BCUT2D eigenvalue weighted by Gasteiger charge is -2.09. The molecule has 19 heavy (non-hydrogen) atoms. The Kier molecular flexibility index (Phi) is 4.81. The van der Waals surface area contributed by atoms with E-state index in [4.69, 9.17) is 14.2 Å². The molecule has 0 aliphatic heterocycles. The molecule has 3 nitrogen and oxygen atoms in total. The third-order valence-electron chi connectivity index (χ3n) is 2.75. The molecule has 0 atom stereocenters. The minimum absolute atomic E-state index is 0.521. The number of benzene rings is 2. The minimum atomic E-state index is 0.521. The Morgan fingerprint density at radius 2 is 1.42 bits per heavy atom. The van der Waals surface area contributed by atoms with Gasteiger partial charge in [0.05, 0.1) is 13.7 Å². The van der Waals surface area contributed by atoms with Crippen molar-refractivity contribution >= 4 is 0 Å². The van der Waals surface area contributed by atoms with Crippen LogP contribution in [0.5, 0.6) is 11.5 Å². The van der Waals surface area contributed by atoms with Crippen LogP contribution in [0.3, 0.4) is 0 Å². The van der Waals surface area contributed by atoms with Gasteiger partial charge in [-0.15, -0.1) is 0 Å². The molecule has 0 N–H and O–H groups in total. The minimum Gasteiger partial charge on any atom is -0.497 e. The molecular formula is C16H18O3. The van der Waals surface area contributed by atoms with E-state index in [0.717, 1.165) is 22.6 Å². The van der Waals surface area contributed by atoms with Gasteiger partial charge in [-0.1, -0.05) is 24.3 Å². The van der Waals surface area contributed by atoms with Gasteiger partial charge in [0.1, 0.15) is 18.1 Å². The highest BCUT2D eigenvalue weighted by Gasteiger charge is 1.99. The highest BCUT2D eigenvalue weighted by molar-refractivity contribution is 5.30. The van der Waals surface area contributed by atoms with Gasteiger partial charge in [-0.3, -0.25) is 0 Å². The quantitative estimate of drug-likeness (QED) is 0.794. The van der Waals surface area contributed by atoms with Gasteiger partial charge in [-0.25, -0.2) is 0 Å². The molecule has 0 radical (unpaired) electrons.